The Morgan fingerprint density at radius 2 is 1.67 bits per heavy atom. The van der Waals surface area contributed by atoms with Crippen molar-refractivity contribution in [1.29, 1.82) is 0 Å². The Morgan fingerprint density at radius 3 is 2.46 bits per heavy atom. The standard InChI is InChI=1S/C20H16ClN3/c21-17-9-6-14(7-10-17)8-11-19-23-18-12-16(13-22-20(18)24-19)15-4-2-1-3-5-15/h1-7,9-10,12-13H,8,11H2,(H,22,23,24). The summed E-state index contributed by atoms with van der Waals surface area (Å²) in [5, 5.41) is 0.764. The van der Waals surface area contributed by atoms with Crippen molar-refractivity contribution in [2.24, 2.45) is 0 Å². The van der Waals surface area contributed by atoms with Crippen LogP contribution in [0.4, 0.5) is 0 Å². The molecule has 0 aliphatic rings. The van der Waals surface area contributed by atoms with Crippen LogP contribution >= 0.6 is 11.6 Å². The SMILES string of the molecule is Clc1ccc(CCc2nc3ncc(-c4ccccc4)cc3[nH]2)cc1. The molecule has 0 atom stereocenters. The molecule has 4 aromatic rings. The zero-order valence-corrected chi connectivity index (χ0v) is 13.8. The molecule has 2 heterocycles. The molecule has 24 heavy (non-hydrogen) atoms. The van der Waals surface area contributed by atoms with E-state index in [1.54, 1.807) is 0 Å². The third-order valence-electron chi connectivity index (χ3n) is 4.06. The number of aryl methyl sites for hydroxylation is 2. The van der Waals surface area contributed by atoms with Gasteiger partial charge in [-0.1, -0.05) is 54.1 Å². The predicted molar refractivity (Wildman–Crippen MR) is 98.2 cm³/mol. The largest absolute Gasteiger partial charge is 0.341 e. The smallest absolute Gasteiger partial charge is 0.177 e. The second-order valence-corrected chi connectivity index (χ2v) is 6.21. The number of halogens is 1. The third-order valence-corrected chi connectivity index (χ3v) is 4.31. The van der Waals surface area contributed by atoms with Gasteiger partial charge in [-0.05, 0) is 35.7 Å². The van der Waals surface area contributed by atoms with E-state index in [2.05, 4.69) is 45.3 Å². The van der Waals surface area contributed by atoms with Crippen LogP contribution in [0.5, 0.6) is 0 Å². The van der Waals surface area contributed by atoms with Crippen molar-refractivity contribution in [3.05, 3.63) is 83.3 Å². The van der Waals surface area contributed by atoms with E-state index in [1.807, 2.05) is 36.5 Å². The van der Waals surface area contributed by atoms with E-state index in [0.717, 1.165) is 46.0 Å². The van der Waals surface area contributed by atoms with E-state index in [4.69, 9.17) is 11.6 Å². The minimum atomic E-state index is 0.764. The normalized spacial score (nSPS) is 11.0. The molecular weight excluding hydrogens is 318 g/mol. The zero-order valence-electron chi connectivity index (χ0n) is 13.0. The van der Waals surface area contributed by atoms with E-state index >= 15 is 0 Å². The van der Waals surface area contributed by atoms with Gasteiger partial charge >= 0.3 is 0 Å². The molecule has 0 saturated carbocycles. The molecule has 4 rings (SSSR count). The van der Waals surface area contributed by atoms with E-state index in [9.17, 15) is 0 Å². The van der Waals surface area contributed by atoms with Gasteiger partial charge in [0.2, 0.25) is 0 Å². The number of hydrogen-bond acceptors (Lipinski definition) is 2. The van der Waals surface area contributed by atoms with Gasteiger partial charge in [-0.15, -0.1) is 0 Å². The molecule has 0 aliphatic heterocycles. The maximum Gasteiger partial charge on any atom is 0.177 e. The minimum Gasteiger partial charge on any atom is -0.341 e. The minimum absolute atomic E-state index is 0.764. The Morgan fingerprint density at radius 1 is 0.875 bits per heavy atom. The van der Waals surface area contributed by atoms with Crippen LogP contribution in [0.15, 0.2) is 66.9 Å². The van der Waals surface area contributed by atoms with Crippen molar-refractivity contribution in [3.8, 4) is 11.1 Å². The van der Waals surface area contributed by atoms with Gasteiger partial charge in [0.25, 0.3) is 0 Å². The first kappa shape index (κ1) is 14.9. The lowest BCUT2D eigenvalue weighted by molar-refractivity contribution is 0.889. The van der Waals surface area contributed by atoms with Crippen LogP contribution in [-0.2, 0) is 12.8 Å². The maximum atomic E-state index is 5.92. The highest BCUT2D eigenvalue weighted by molar-refractivity contribution is 6.30. The van der Waals surface area contributed by atoms with Crippen molar-refractivity contribution < 1.29 is 0 Å². The number of aromatic amines is 1. The van der Waals surface area contributed by atoms with Gasteiger partial charge < -0.3 is 4.98 Å². The quantitative estimate of drug-likeness (QED) is 0.567. The molecule has 0 unspecified atom stereocenters. The summed E-state index contributed by atoms with van der Waals surface area (Å²) in [4.78, 5) is 12.5. The second kappa shape index (κ2) is 6.46. The highest BCUT2D eigenvalue weighted by Crippen LogP contribution is 2.21. The van der Waals surface area contributed by atoms with Gasteiger partial charge in [-0.2, -0.15) is 0 Å². The molecule has 0 aliphatic carbocycles. The fourth-order valence-electron chi connectivity index (χ4n) is 2.77. The molecule has 0 saturated heterocycles. The Balaban J connectivity index is 1.56. The summed E-state index contributed by atoms with van der Waals surface area (Å²) in [5.41, 5.74) is 5.24. The zero-order chi connectivity index (χ0) is 16.4. The Labute approximate surface area is 145 Å². The molecule has 2 aromatic carbocycles. The van der Waals surface area contributed by atoms with Crippen LogP contribution in [-0.4, -0.2) is 15.0 Å². The predicted octanol–water partition coefficient (Wildman–Crippen LogP) is 5.06. The number of rotatable bonds is 4. The number of aromatic nitrogens is 3. The molecule has 4 heteroatoms. The second-order valence-electron chi connectivity index (χ2n) is 5.77. The summed E-state index contributed by atoms with van der Waals surface area (Å²) in [6, 6.07) is 20.3. The monoisotopic (exact) mass is 333 g/mol. The molecule has 0 bridgehead atoms. The van der Waals surface area contributed by atoms with Gasteiger partial charge in [0, 0.05) is 23.2 Å². The maximum absolute atomic E-state index is 5.92. The topological polar surface area (TPSA) is 41.6 Å². The molecule has 118 valence electrons. The van der Waals surface area contributed by atoms with E-state index < -0.39 is 0 Å². The third kappa shape index (κ3) is 3.17. The van der Waals surface area contributed by atoms with Crippen molar-refractivity contribution in [2.45, 2.75) is 12.8 Å². The summed E-state index contributed by atoms with van der Waals surface area (Å²) < 4.78 is 0. The van der Waals surface area contributed by atoms with Crippen molar-refractivity contribution in [2.75, 3.05) is 0 Å². The number of imidazole rings is 1. The molecule has 1 N–H and O–H groups in total. The van der Waals surface area contributed by atoms with Gasteiger partial charge in [0.1, 0.15) is 5.82 Å². The summed E-state index contributed by atoms with van der Waals surface area (Å²) in [7, 11) is 0. The molecule has 0 spiro atoms. The molecule has 3 nitrogen and oxygen atoms in total. The first-order valence-electron chi connectivity index (χ1n) is 7.92. The van der Waals surface area contributed by atoms with Crippen LogP contribution in [0.2, 0.25) is 5.02 Å². The van der Waals surface area contributed by atoms with Crippen LogP contribution in [0, 0.1) is 0 Å². The lowest BCUT2D eigenvalue weighted by Crippen LogP contribution is -1.93. The lowest BCUT2D eigenvalue weighted by atomic mass is 10.1. The summed E-state index contributed by atoms with van der Waals surface area (Å²) in [6.45, 7) is 0. The Bertz CT molecular complexity index is 959. The molecular formula is C20H16ClN3. The first-order valence-corrected chi connectivity index (χ1v) is 8.30. The first-order chi connectivity index (χ1) is 11.8. The van der Waals surface area contributed by atoms with Crippen LogP contribution in [0.25, 0.3) is 22.3 Å². The molecule has 0 fully saturated rings. The number of benzene rings is 2. The van der Waals surface area contributed by atoms with E-state index in [1.165, 1.54) is 5.56 Å². The van der Waals surface area contributed by atoms with Gasteiger partial charge in [-0.3, -0.25) is 0 Å². The Hall–Kier alpha value is -2.65. The number of H-pyrrole nitrogens is 1. The Kier molecular flexibility index (Phi) is 4.01. The fraction of sp³-hybridized carbons (Fsp3) is 0.100. The fourth-order valence-corrected chi connectivity index (χ4v) is 2.90. The lowest BCUT2D eigenvalue weighted by Gasteiger charge is -2.00. The number of pyridine rings is 1. The summed E-state index contributed by atoms with van der Waals surface area (Å²) in [6.07, 6.45) is 3.64. The van der Waals surface area contributed by atoms with Crippen LogP contribution in [0.3, 0.4) is 0 Å². The average Bonchev–Trinajstić information content (AvgIpc) is 3.04. The van der Waals surface area contributed by atoms with Crippen LogP contribution < -0.4 is 0 Å². The highest BCUT2D eigenvalue weighted by atomic mass is 35.5. The number of nitrogens with one attached hydrogen (secondary N) is 1. The van der Waals surface area contributed by atoms with Gasteiger partial charge in [-0.25, -0.2) is 9.97 Å². The number of hydrogen-bond donors (Lipinski definition) is 1. The molecule has 0 radical (unpaired) electrons. The number of nitrogens with zero attached hydrogens (tertiary/aromatic N) is 2. The van der Waals surface area contributed by atoms with Gasteiger partial charge in [0.15, 0.2) is 5.65 Å². The molecule has 2 aromatic heterocycles. The van der Waals surface area contributed by atoms with Gasteiger partial charge in [0.05, 0.1) is 5.52 Å². The van der Waals surface area contributed by atoms with Crippen LogP contribution in [0.1, 0.15) is 11.4 Å². The molecule has 0 amide bonds. The average molecular weight is 334 g/mol. The van der Waals surface area contributed by atoms with E-state index in [0.29, 0.717) is 0 Å². The highest BCUT2D eigenvalue weighted by Gasteiger charge is 2.06. The summed E-state index contributed by atoms with van der Waals surface area (Å²) in [5.74, 6) is 0.956. The number of fused-ring (bicyclic) bond motifs is 1. The van der Waals surface area contributed by atoms with Crippen molar-refractivity contribution >= 4 is 22.8 Å². The van der Waals surface area contributed by atoms with E-state index in [-0.39, 0.29) is 0 Å². The van der Waals surface area contributed by atoms with Crippen molar-refractivity contribution in [1.82, 2.24) is 15.0 Å². The summed E-state index contributed by atoms with van der Waals surface area (Å²) >= 11 is 5.92. The van der Waals surface area contributed by atoms with Crippen molar-refractivity contribution in [3.63, 3.8) is 0 Å².